The average molecular weight is 342 g/mol. The van der Waals surface area contributed by atoms with Gasteiger partial charge in [0, 0.05) is 22.7 Å². The van der Waals surface area contributed by atoms with Gasteiger partial charge in [-0.05, 0) is 31.2 Å². The van der Waals surface area contributed by atoms with Crippen LogP contribution in [0.25, 0.3) is 10.6 Å². The molecule has 0 saturated heterocycles. The summed E-state index contributed by atoms with van der Waals surface area (Å²) in [6.07, 6.45) is 0. The van der Waals surface area contributed by atoms with E-state index < -0.39 is 5.82 Å². The Morgan fingerprint density at radius 3 is 2.75 bits per heavy atom. The minimum atomic E-state index is -0.426. The third kappa shape index (κ3) is 3.60. The van der Waals surface area contributed by atoms with Gasteiger partial charge in [-0.1, -0.05) is 18.2 Å². The summed E-state index contributed by atoms with van der Waals surface area (Å²) in [4.78, 5) is 16.4. The van der Waals surface area contributed by atoms with Gasteiger partial charge in [0.2, 0.25) is 0 Å². The minimum absolute atomic E-state index is 0.257. The number of hydrogen-bond donors (Lipinski definition) is 1. The summed E-state index contributed by atoms with van der Waals surface area (Å²) >= 11 is 1.22. The molecule has 0 aliphatic carbocycles. The third-order valence-electron chi connectivity index (χ3n) is 3.25. The Kier molecular flexibility index (Phi) is 4.86. The lowest BCUT2D eigenvalue weighted by Crippen LogP contribution is -2.12. The smallest absolute Gasteiger partial charge is 0.275 e. The average Bonchev–Trinajstić information content (AvgIpc) is 3.06. The van der Waals surface area contributed by atoms with E-state index in [1.54, 1.807) is 29.6 Å². The maximum absolute atomic E-state index is 14.2. The van der Waals surface area contributed by atoms with E-state index in [0.29, 0.717) is 28.6 Å². The van der Waals surface area contributed by atoms with Crippen molar-refractivity contribution in [2.75, 3.05) is 11.9 Å². The van der Waals surface area contributed by atoms with Crippen LogP contribution in [0.1, 0.15) is 17.4 Å². The lowest BCUT2D eigenvalue weighted by Gasteiger charge is -2.05. The van der Waals surface area contributed by atoms with Gasteiger partial charge in [0.05, 0.1) is 6.61 Å². The van der Waals surface area contributed by atoms with Crippen molar-refractivity contribution in [2.24, 2.45) is 0 Å². The van der Waals surface area contributed by atoms with Crippen LogP contribution in [0, 0.1) is 5.82 Å². The number of para-hydroxylation sites is 1. The van der Waals surface area contributed by atoms with Crippen molar-refractivity contribution in [3.63, 3.8) is 0 Å². The van der Waals surface area contributed by atoms with E-state index in [1.807, 2.05) is 25.1 Å². The Balaban J connectivity index is 1.79. The van der Waals surface area contributed by atoms with Gasteiger partial charge < -0.3 is 10.1 Å². The molecular formula is C18H15FN2O2S. The topological polar surface area (TPSA) is 51.2 Å². The summed E-state index contributed by atoms with van der Waals surface area (Å²) in [5.41, 5.74) is 1.29. The largest absolute Gasteiger partial charge is 0.494 e. The number of nitrogens with one attached hydrogen (secondary N) is 1. The number of amides is 1. The molecule has 0 aliphatic heterocycles. The van der Waals surface area contributed by atoms with Crippen LogP contribution in [0.2, 0.25) is 0 Å². The van der Waals surface area contributed by atoms with Gasteiger partial charge in [-0.2, -0.15) is 0 Å². The second-order valence-electron chi connectivity index (χ2n) is 4.93. The lowest BCUT2D eigenvalue weighted by atomic mass is 10.2. The van der Waals surface area contributed by atoms with Crippen LogP contribution in [-0.4, -0.2) is 17.5 Å². The number of rotatable bonds is 5. The van der Waals surface area contributed by atoms with E-state index in [-0.39, 0.29) is 11.6 Å². The molecule has 4 nitrogen and oxygen atoms in total. The predicted octanol–water partition coefficient (Wildman–Crippen LogP) is 4.60. The zero-order chi connectivity index (χ0) is 16.9. The molecule has 0 unspecified atom stereocenters. The quantitative estimate of drug-likeness (QED) is 0.737. The van der Waals surface area contributed by atoms with Crippen molar-refractivity contribution in [3.05, 3.63) is 65.4 Å². The normalized spacial score (nSPS) is 10.4. The number of halogens is 1. The van der Waals surface area contributed by atoms with Crippen LogP contribution in [0.15, 0.2) is 53.9 Å². The molecule has 3 aromatic rings. The van der Waals surface area contributed by atoms with Gasteiger partial charge in [0.15, 0.2) is 0 Å². The van der Waals surface area contributed by atoms with E-state index >= 15 is 0 Å². The van der Waals surface area contributed by atoms with E-state index in [1.165, 1.54) is 17.4 Å². The number of ether oxygens (including phenoxy) is 1. The number of aromatic nitrogens is 1. The molecule has 24 heavy (non-hydrogen) atoms. The number of hydrogen-bond acceptors (Lipinski definition) is 4. The molecule has 0 saturated carbocycles. The number of anilines is 1. The number of thiazole rings is 1. The summed E-state index contributed by atoms with van der Waals surface area (Å²) in [5.74, 6) is -0.280. The van der Waals surface area contributed by atoms with Crippen LogP contribution < -0.4 is 10.1 Å². The highest BCUT2D eigenvalue weighted by Crippen LogP contribution is 2.29. The summed E-state index contributed by atoms with van der Waals surface area (Å²) in [6, 6.07) is 13.7. The highest BCUT2D eigenvalue weighted by molar-refractivity contribution is 7.13. The van der Waals surface area contributed by atoms with Crippen molar-refractivity contribution < 1.29 is 13.9 Å². The molecule has 0 bridgehead atoms. The summed E-state index contributed by atoms with van der Waals surface area (Å²) in [6.45, 7) is 2.31. The van der Waals surface area contributed by atoms with Crippen molar-refractivity contribution in [2.45, 2.75) is 6.92 Å². The predicted molar refractivity (Wildman–Crippen MR) is 93.1 cm³/mol. The van der Waals surface area contributed by atoms with Gasteiger partial charge in [0.1, 0.15) is 22.3 Å². The first-order valence-electron chi connectivity index (χ1n) is 7.42. The molecule has 122 valence electrons. The SMILES string of the molecule is CCOc1ccc(-c2nc(C(=O)Nc3ccccc3)cs2)c(F)c1. The molecule has 0 spiro atoms. The highest BCUT2D eigenvalue weighted by Gasteiger charge is 2.15. The summed E-state index contributed by atoms with van der Waals surface area (Å²) < 4.78 is 19.5. The number of nitrogens with zero attached hydrogens (tertiary/aromatic N) is 1. The second-order valence-corrected chi connectivity index (χ2v) is 5.79. The van der Waals surface area contributed by atoms with Crippen LogP contribution in [0.3, 0.4) is 0 Å². The first kappa shape index (κ1) is 16.1. The first-order chi connectivity index (χ1) is 11.7. The van der Waals surface area contributed by atoms with E-state index in [9.17, 15) is 9.18 Å². The lowest BCUT2D eigenvalue weighted by molar-refractivity contribution is 0.102. The van der Waals surface area contributed by atoms with Crippen molar-refractivity contribution in [1.82, 2.24) is 4.98 Å². The summed E-state index contributed by atoms with van der Waals surface area (Å²) in [7, 11) is 0. The van der Waals surface area contributed by atoms with Crippen LogP contribution in [0.5, 0.6) is 5.75 Å². The van der Waals surface area contributed by atoms with Gasteiger partial charge in [-0.3, -0.25) is 4.79 Å². The Bertz CT molecular complexity index is 849. The molecule has 1 N–H and O–H groups in total. The van der Waals surface area contributed by atoms with E-state index in [0.717, 1.165) is 0 Å². The van der Waals surface area contributed by atoms with Gasteiger partial charge in [0.25, 0.3) is 5.91 Å². The van der Waals surface area contributed by atoms with Crippen LogP contribution >= 0.6 is 11.3 Å². The molecule has 2 aromatic carbocycles. The Morgan fingerprint density at radius 2 is 2.04 bits per heavy atom. The van der Waals surface area contributed by atoms with Crippen LogP contribution in [-0.2, 0) is 0 Å². The van der Waals surface area contributed by atoms with E-state index in [4.69, 9.17) is 4.74 Å². The molecular weight excluding hydrogens is 327 g/mol. The summed E-state index contributed by atoms with van der Waals surface area (Å²) in [5, 5.41) is 4.82. The number of benzene rings is 2. The first-order valence-corrected chi connectivity index (χ1v) is 8.30. The molecule has 1 aromatic heterocycles. The third-order valence-corrected chi connectivity index (χ3v) is 4.13. The molecule has 1 amide bonds. The van der Waals surface area contributed by atoms with Crippen LogP contribution in [0.4, 0.5) is 10.1 Å². The molecule has 1 heterocycles. The van der Waals surface area contributed by atoms with Crippen molar-refractivity contribution in [3.8, 4) is 16.3 Å². The molecule has 6 heteroatoms. The van der Waals surface area contributed by atoms with Crippen molar-refractivity contribution in [1.29, 1.82) is 0 Å². The second kappa shape index (κ2) is 7.23. The minimum Gasteiger partial charge on any atom is -0.494 e. The fraction of sp³-hybridized carbons (Fsp3) is 0.111. The molecule has 0 aliphatic rings. The monoisotopic (exact) mass is 342 g/mol. The maximum atomic E-state index is 14.2. The number of carbonyl (C=O) groups is 1. The molecule has 0 atom stereocenters. The highest BCUT2D eigenvalue weighted by atomic mass is 32.1. The van der Waals surface area contributed by atoms with E-state index in [2.05, 4.69) is 10.3 Å². The zero-order valence-electron chi connectivity index (χ0n) is 13.0. The Labute approximate surface area is 142 Å². The molecule has 3 rings (SSSR count). The zero-order valence-corrected chi connectivity index (χ0v) is 13.8. The van der Waals surface area contributed by atoms with Crippen molar-refractivity contribution >= 4 is 22.9 Å². The fourth-order valence-electron chi connectivity index (χ4n) is 2.14. The Morgan fingerprint density at radius 1 is 1.25 bits per heavy atom. The maximum Gasteiger partial charge on any atom is 0.275 e. The molecule has 0 fully saturated rings. The number of carbonyl (C=O) groups excluding carboxylic acids is 1. The standard InChI is InChI=1S/C18H15FN2O2S/c1-2-23-13-8-9-14(15(19)10-13)18-21-16(11-24-18)17(22)20-12-6-4-3-5-7-12/h3-11H,2H2,1H3,(H,20,22). The molecule has 0 radical (unpaired) electrons. The Hall–Kier alpha value is -2.73. The fourth-order valence-corrected chi connectivity index (χ4v) is 2.97. The van der Waals surface area contributed by atoms with Gasteiger partial charge in [-0.25, -0.2) is 9.37 Å². The van der Waals surface area contributed by atoms with Gasteiger partial charge >= 0.3 is 0 Å². The van der Waals surface area contributed by atoms with Gasteiger partial charge in [-0.15, -0.1) is 11.3 Å².